The Bertz CT molecular complexity index is 430. The van der Waals surface area contributed by atoms with Gasteiger partial charge >= 0.3 is 0 Å². The van der Waals surface area contributed by atoms with Crippen molar-refractivity contribution < 1.29 is 4.74 Å². The molecule has 116 valence electrons. The molecule has 2 fully saturated rings. The van der Waals surface area contributed by atoms with Gasteiger partial charge in [-0.05, 0) is 51.3 Å². The molecule has 0 amide bonds. The zero-order valence-electron chi connectivity index (χ0n) is 13.2. The highest BCUT2D eigenvalue weighted by molar-refractivity contribution is 5.24. The van der Waals surface area contributed by atoms with Gasteiger partial charge in [0.2, 0.25) is 0 Å². The third-order valence-electron chi connectivity index (χ3n) is 4.91. The van der Waals surface area contributed by atoms with Crippen LogP contribution in [0.3, 0.4) is 0 Å². The van der Waals surface area contributed by atoms with Gasteiger partial charge in [-0.2, -0.15) is 0 Å². The van der Waals surface area contributed by atoms with Crippen LogP contribution >= 0.6 is 0 Å². The first-order chi connectivity index (χ1) is 10.3. The molecular formula is C18H28N2O. The van der Waals surface area contributed by atoms with E-state index in [-0.39, 0.29) is 5.54 Å². The summed E-state index contributed by atoms with van der Waals surface area (Å²) in [6.07, 6.45) is 5.42. The molecule has 0 bridgehead atoms. The quantitative estimate of drug-likeness (QED) is 0.922. The van der Waals surface area contributed by atoms with E-state index in [9.17, 15) is 0 Å². The van der Waals surface area contributed by atoms with E-state index in [2.05, 4.69) is 47.5 Å². The molecule has 3 nitrogen and oxygen atoms in total. The van der Waals surface area contributed by atoms with E-state index >= 15 is 0 Å². The van der Waals surface area contributed by atoms with Gasteiger partial charge in [-0.3, -0.25) is 0 Å². The predicted molar refractivity (Wildman–Crippen MR) is 86.4 cm³/mol. The lowest BCUT2D eigenvalue weighted by atomic mass is 9.91. The van der Waals surface area contributed by atoms with E-state index in [0.717, 1.165) is 26.2 Å². The number of ether oxygens (including phenoxy) is 1. The Morgan fingerprint density at radius 3 is 2.90 bits per heavy atom. The van der Waals surface area contributed by atoms with Crippen LogP contribution in [0.5, 0.6) is 0 Å². The second-order valence-electron chi connectivity index (χ2n) is 6.68. The number of hydrogen-bond donors (Lipinski definition) is 1. The molecule has 2 unspecified atom stereocenters. The first-order valence-corrected chi connectivity index (χ1v) is 8.41. The summed E-state index contributed by atoms with van der Waals surface area (Å²) in [7, 11) is 0. The predicted octanol–water partition coefficient (Wildman–Crippen LogP) is 2.77. The fourth-order valence-corrected chi connectivity index (χ4v) is 3.64. The Balaban J connectivity index is 1.62. The summed E-state index contributed by atoms with van der Waals surface area (Å²) in [5.74, 6) is 0. The SMILES string of the molecule is CC1(c2ccccc2)CN(CCC2CCCO2)CCCN1. The van der Waals surface area contributed by atoms with Gasteiger partial charge in [0, 0.05) is 19.7 Å². The molecule has 0 aliphatic carbocycles. The van der Waals surface area contributed by atoms with Crippen LogP contribution < -0.4 is 5.32 Å². The van der Waals surface area contributed by atoms with Crippen molar-refractivity contribution in [3.63, 3.8) is 0 Å². The molecule has 2 aliphatic rings. The zero-order chi connectivity index (χ0) is 14.5. The number of nitrogens with zero attached hydrogens (tertiary/aromatic N) is 1. The van der Waals surface area contributed by atoms with Gasteiger partial charge in [-0.1, -0.05) is 30.3 Å². The minimum absolute atomic E-state index is 0.0638. The van der Waals surface area contributed by atoms with Crippen LogP contribution in [-0.4, -0.2) is 43.8 Å². The highest BCUT2D eigenvalue weighted by atomic mass is 16.5. The molecule has 2 saturated heterocycles. The minimum atomic E-state index is 0.0638. The Kier molecular flexibility index (Phi) is 4.94. The molecule has 2 aliphatic heterocycles. The van der Waals surface area contributed by atoms with Crippen LogP contribution in [0.4, 0.5) is 0 Å². The summed E-state index contributed by atoms with van der Waals surface area (Å²) in [5, 5.41) is 3.76. The minimum Gasteiger partial charge on any atom is -0.378 e. The van der Waals surface area contributed by atoms with Crippen molar-refractivity contribution >= 4 is 0 Å². The smallest absolute Gasteiger partial charge is 0.0588 e. The summed E-state index contributed by atoms with van der Waals surface area (Å²) in [6, 6.07) is 10.9. The van der Waals surface area contributed by atoms with Crippen molar-refractivity contribution in [1.82, 2.24) is 10.2 Å². The molecule has 21 heavy (non-hydrogen) atoms. The van der Waals surface area contributed by atoms with Gasteiger partial charge in [-0.25, -0.2) is 0 Å². The molecular weight excluding hydrogens is 260 g/mol. The number of hydrogen-bond acceptors (Lipinski definition) is 3. The lowest BCUT2D eigenvalue weighted by Gasteiger charge is -2.34. The molecule has 2 atom stereocenters. The van der Waals surface area contributed by atoms with E-state index < -0.39 is 0 Å². The van der Waals surface area contributed by atoms with E-state index in [1.165, 1.54) is 37.8 Å². The first-order valence-electron chi connectivity index (χ1n) is 8.41. The average molecular weight is 288 g/mol. The van der Waals surface area contributed by atoms with E-state index in [4.69, 9.17) is 4.74 Å². The van der Waals surface area contributed by atoms with Gasteiger partial charge < -0.3 is 15.0 Å². The van der Waals surface area contributed by atoms with Crippen LogP contribution in [0.15, 0.2) is 30.3 Å². The molecule has 0 spiro atoms. The van der Waals surface area contributed by atoms with Crippen molar-refractivity contribution in [2.45, 2.75) is 44.2 Å². The van der Waals surface area contributed by atoms with Crippen molar-refractivity contribution in [2.75, 3.05) is 32.8 Å². The van der Waals surface area contributed by atoms with Gasteiger partial charge in [-0.15, -0.1) is 0 Å². The van der Waals surface area contributed by atoms with Crippen LogP contribution in [0, 0.1) is 0 Å². The fraction of sp³-hybridized carbons (Fsp3) is 0.667. The lowest BCUT2D eigenvalue weighted by molar-refractivity contribution is 0.0891. The van der Waals surface area contributed by atoms with Crippen LogP contribution in [0.25, 0.3) is 0 Å². The molecule has 1 aromatic carbocycles. The van der Waals surface area contributed by atoms with E-state index in [1.807, 2.05) is 0 Å². The Morgan fingerprint density at radius 1 is 1.29 bits per heavy atom. The molecule has 0 aromatic heterocycles. The van der Waals surface area contributed by atoms with Gasteiger partial charge in [0.1, 0.15) is 0 Å². The summed E-state index contributed by atoms with van der Waals surface area (Å²) in [5.41, 5.74) is 1.46. The number of nitrogens with one attached hydrogen (secondary N) is 1. The Labute approximate surface area is 128 Å². The van der Waals surface area contributed by atoms with Gasteiger partial charge in [0.05, 0.1) is 11.6 Å². The molecule has 3 rings (SSSR count). The van der Waals surface area contributed by atoms with E-state index in [1.54, 1.807) is 0 Å². The zero-order valence-corrected chi connectivity index (χ0v) is 13.2. The molecule has 0 saturated carbocycles. The van der Waals surface area contributed by atoms with Gasteiger partial charge in [0.15, 0.2) is 0 Å². The molecule has 3 heteroatoms. The van der Waals surface area contributed by atoms with Gasteiger partial charge in [0.25, 0.3) is 0 Å². The lowest BCUT2D eigenvalue weighted by Crippen LogP contribution is -2.46. The Hall–Kier alpha value is -0.900. The standard InChI is InChI=1S/C18H28N2O/c1-18(16-7-3-2-4-8-16)15-20(12-6-11-19-18)13-10-17-9-5-14-21-17/h2-4,7-8,17,19H,5-6,9-15H2,1H3. The summed E-state index contributed by atoms with van der Waals surface area (Å²) < 4.78 is 5.77. The van der Waals surface area contributed by atoms with Crippen molar-refractivity contribution in [3.05, 3.63) is 35.9 Å². The molecule has 2 heterocycles. The third kappa shape index (κ3) is 3.85. The van der Waals surface area contributed by atoms with E-state index in [0.29, 0.717) is 6.10 Å². The number of rotatable bonds is 4. The second kappa shape index (κ2) is 6.91. The van der Waals surface area contributed by atoms with Crippen molar-refractivity contribution in [2.24, 2.45) is 0 Å². The Morgan fingerprint density at radius 2 is 2.14 bits per heavy atom. The molecule has 1 aromatic rings. The van der Waals surface area contributed by atoms with Crippen LogP contribution in [0.2, 0.25) is 0 Å². The molecule has 1 N–H and O–H groups in total. The molecule has 0 radical (unpaired) electrons. The maximum absolute atomic E-state index is 5.77. The normalized spacial score (nSPS) is 31.2. The topological polar surface area (TPSA) is 24.5 Å². The van der Waals surface area contributed by atoms with Crippen molar-refractivity contribution in [1.29, 1.82) is 0 Å². The monoisotopic (exact) mass is 288 g/mol. The maximum atomic E-state index is 5.77. The highest BCUT2D eigenvalue weighted by Crippen LogP contribution is 2.25. The first kappa shape index (κ1) is 15.0. The summed E-state index contributed by atoms with van der Waals surface area (Å²) in [4.78, 5) is 2.62. The van der Waals surface area contributed by atoms with Crippen LogP contribution in [0.1, 0.15) is 38.2 Å². The fourth-order valence-electron chi connectivity index (χ4n) is 3.64. The largest absolute Gasteiger partial charge is 0.378 e. The second-order valence-corrected chi connectivity index (χ2v) is 6.68. The summed E-state index contributed by atoms with van der Waals surface area (Å²) >= 11 is 0. The van der Waals surface area contributed by atoms with Crippen molar-refractivity contribution in [3.8, 4) is 0 Å². The summed E-state index contributed by atoms with van der Waals surface area (Å²) in [6.45, 7) is 7.85. The highest BCUT2D eigenvalue weighted by Gasteiger charge is 2.30. The average Bonchev–Trinajstić information content (AvgIpc) is 2.96. The number of benzene rings is 1. The third-order valence-corrected chi connectivity index (χ3v) is 4.91. The van der Waals surface area contributed by atoms with Crippen LogP contribution in [-0.2, 0) is 10.3 Å². The maximum Gasteiger partial charge on any atom is 0.0588 e.